The van der Waals surface area contributed by atoms with Gasteiger partial charge in [0.1, 0.15) is 12.0 Å². The van der Waals surface area contributed by atoms with Crippen LogP contribution in [0.5, 0.6) is 0 Å². The summed E-state index contributed by atoms with van der Waals surface area (Å²) >= 11 is 0. The van der Waals surface area contributed by atoms with E-state index in [1.807, 2.05) is 0 Å². The molecule has 0 aliphatic rings. The molecular weight excluding hydrogens is 160 g/mol. The molecule has 0 atom stereocenters. The lowest BCUT2D eigenvalue weighted by Crippen LogP contribution is -1.98. The maximum absolute atomic E-state index is 10.4. The molecule has 0 saturated carbocycles. The topological polar surface area (TPSA) is 83.4 Å². The number of carbonyl (C=O) groups excluding carboxylic acids is 1. The smallest absolute Gasteiger partial charge is 0.339 e. The molecule has 0 aromatic heterocycles. The summed E-state index contributed by atoms with van der Waals surface area (Å²) in [5.74, 6) is 0. The first kappa shape index (κ1) is 8.19. The van der Waals surface area contributed by atoms with Crippen LogP contribution >= 0.6 is 0 Å². The molecule has 0 heterocycles. The fraction of sp³-hybridized carbons (Fsp3) is 0. The molecule has 0 radical (unpaired) electrons. The Kier molecular flexibility index (Phi) is 2.05. The molecule has 1 aromatic carbocycles. The van der Waals surface area contributed by atoms with Gasteiger partial charge in [-0.05, 0) is 12.1 Å². The second-order valence-corrected chi connectivity index (χ2v) is 2.21. The second-order valence-electron chi connectivity index (χ2n) is 2.21. The van der Waals surface area contributed by atoms with Crippen LogP contribution in [0.15, 0.2) is 18.2 Å². The molecule has 1 rings (SSSR count). The van der Waals surface area contributed by atoms with E-state index < -0.39 is 0 Å². The highest BCUT2D eigenvalue weighted by atomic mass is 16.6. The van der Waals surface area contributed by atoms with E-state index in [0.29, 0.717) is 6.29 Å². The van der Waals surface area contributed by atoms with Gasteiger partial charge >= 0.3 is 5.69 Å². The van der Waals surface area contributed by atoms with Crippen molar-refractivity contribution in [2.45, 2.75) is 0 Å². The first-order chi connectivity index (χ1) is 5.65. The zero-order chi connectivity index (χ0) is 9.14. The van der Waals surface area contributed by atoms with Crippen LogP contribution in [-0.4, -0.2) is 16.4 Å². The van der Waals surface area contributed by atoms with Gasteiger partial charge in [-0.3, -0.25) is 4.79 Å². The third-order valence-corrected chi connectivity index (χ3v) is 1.40. The van der Waals surface area contributed by atoms with Gasteiger partial charge in [0.25, 0.3) is 4.92 Å². The van der Waals surface area contributed by atoms with Gasteiger partial charge in [0.05, 0.1) is 4.91 Å². The van der Waals surface area contributed by atoms with Crippen LogP contribution in [0.2, 0.25) is 0 Å². The van der Waals surface area contributed by atoms with E-state index in [9.17, 15) is 9.70 Å². The predicted octanol–water partition coefficient (Wildman–Crippen LogP) is 0.881. The summed E-state index contributed by atoms with van der Waals surface area (Å²) in [4.78, 5) is 20.3. The number of nitrogens with zero attached hydrogens (tertiary/aromatic N) is 1. The zero-order valence-corrected chi connectivity index (χ0v) is 6.10. The van der Waals surface area contributed by atoms with Gasteiger partial charge in [0, 0.05) is 11.6 Å². The van der Waals surface area contributed by atoms with Crippen molar-refractivity contribution in [3.63, 3.8) is 0 Å². The molecule has 0 aliphatic heterocycles. The van der Waals surface area contributed by atoms with Gasteiger partial charge in [-0.2, -0.15) is 0 Å². The van der Waals surface area contributed by atoms with E-state index in [-0.39, 0.29) is 21.9 Å². The molecule has 0 saturated heterocycles. The molecule has 62 valence electrons. The Bertz CT molecular complexity index is 335. The summed E-state index contributed by atoms with van der Waals surface area (Å²) in [5, 5.41) is 8.51. The van der Waals surface area contributed by atoms with Crippen LogP contribution in [0.1, 0.15) is 10.4 Å². The van der Waals surface area contributed by atoms with Crippen molar-refractivity contribution in [3.8, 4) is 0 Å². The molecule has 0 aliphatic carbocycles. The first-order valence-corrected chi connectivity index (χ1v) is 3.16. The minimum atomic E-state index is -0.373. The maximum atomic E-state index is 10.4. The van der Waals surface area contributed by atoms with E-state index in [1.165, 1.54) is 18.2 Å². The molecule has 12 heavy (non-hydrogen) atoms. The van der Waals surface area contributed by atoms with E-state index >= 15 is 0 Å². The fourth-order valence-corrected chi connectivity index (χ4v) is 0.800. The summed E-state index contributed by atoms with van der Waals surface area (Å²) in [7, 11) is 0. The number of rotatable bonds is 2. The Balaban J connectivity index is 3.25. The van der Waals surface area contributed by atoms with Crippen LogP contribution < -0.4 is 5.73 Å². The molecule has 0 amide bonds. The molecule has 0 unspecified atom stereocenters. The highest BCUT2D eigenvalue weighted by Crippen LogP contribution is 2.20. The highest BCUT2D eigenvalue weighted by Gasteiger charge is 2.16. The standard InChI is InChI=1S/C7H6N2O3/c8-6-2-1-5(4-10)3-7(6)9(11)12/h1-4H,(H2-,8,10,11,12)/p+1. The Morgan fingerprint density at radius 2 is 2.17 bits per heavy atom. The number of hydrogen-bond acceptors (Lipinski definition) is 3. The Morgan fingerprint density at radius 1 is 1.50 bits per heavy atom. The molecule has 3 N–H and O–H groups in total. The quantitative estimate of drug-likeness (QED) is 0.389. The van der Waals surface area contributed by atoms with Gasteiger partial charge in [-0.25, -0.2) is 5.21 Å². The number of carbonyl (C=O) groups is 1. The number of nitrogen functional groups attached to an aromatic ring is 1. The van der Waals surface area contributed by atoms with E-state index in [1.54, 1.807) is 0 Å². The number of anilines is 1. The Hall–Kier alpha value is -1.91. The zero-order valence-electron chi connectivity index (χ0n) is 6.10. The first-order valence-electron chi connectivity index (χ1n) is 3.16. The molecule has 1 aromatic rings. The lowest BCUT2D eigenvalue weighted by atomic mass is 10.2. The number of benzene rings is 1. The molecular formula is C7H7N2O3+. The lowest BCUT2D eigenvalue weighted by molar-refractivity contribution is -0.729. The van der Waals surface area contributed by atoms with Crippen LogP contribution in [0.4, 0.5) is 11.4 Å². The summed E-state index contributed by atoms with van der Waals surface area (Å²) in [6, 6.07) is 4.03. The van der Waals surface area contributed by atoms with Crippen LogP contribution in [0.25, 0.3) is 0 Å². The number of nitrogens with two attached hydrogens (primary N) is 1. The molecule has 0 spiro atoms. The van der Waals surface area contributed by atoms with Gasteiger partial charge < -0.3 is 5.73 Å². The van der Waals surface area contributed by atoms with Crippen LogP contribution in [0.3, 0.4) is 0 Å². The summed E-state index contributed by atoms with van der Waals surface area (Å²) in [6.45, 7) is 0. The normalized spacial score (nSPS) is 9.33. The molecule has 0 bridgehead atoms. The minimum absolute atomic E-state index is 0.123. The minimum Gasteiger partial charge on any atom is -0.393 e. The molecule has 0 fully saturated rings. The van der Waals surface area contributed by atoms with Gasteiger partial charge in [-0.15, -0.1) is 0 Å². The van der Waals surface area contributed by atoms with Crippen LogP contribution in [0, 0.1) is 4.91 Å². The average molecular weight is 167 g/mol. The third-order valence-electron chi connectivity index (χ3n) is 1.40. The third kappa shape index (κ3) is 1.39. The van der Waals surface area contributed by atoms with Crippen molar-refractivity contribution in [1.82, 2.24) is 0 Å². The molecule has 5 heteroatoms. The monoisotopic (exact) mass is 167 g/mol. The van der Waals surface area contributed by atoms with Gasteiger partial charge in [-0.1, -0.05) is 0 Å². The average Bonchev–Trinajstić information content (AvgIpc) is 2.05. The maximum Gasteiger partial charge on any atom is 0.339 e. The van der Waals surface area contributed by atoms with Crippen LogP contribution in [-0.2, 0) is 0 Å². The molecule has 5 nitrogen and oxygen atoms in total. The summed E-state index contributed by atoms with van der Waals surface area (Å²) < 4.78 is 0. The number of hydrogen-bond donors (Lipinski definition) is 2. The van der Waals surface area contributed by atoms with Crippen molar-refractivity contribution in [3.05, 3.63) is 28.7 Å². The predicted molar refractivity (Wildman–Crippen MR) is 41.3 cm³/mol. The van der Waals surface area contributed by atoms with E-state index in [4.69, 9.17) is 10.9 Å². The van der Waals surface area contributed by atoms with Gasteiger partial charge in [0.2, 0.25) is 0 Å². The SMILES string of the molecule is Nc1ccc(C=O)cc1[N+](=O)O. The lowest BCUT2D eigenvalue weighted by Gasteiger charge is -1.92. The van der Waals surface area contributed by atoms with Crippen molar-refractivity contribution >= 4 is 17.7 Å². The van der Waals surface area contributed by atoms with Crippen molar-refractivity contribution in [2.75, 3.05) is 5.73 Å². The largest absolute Gasteiger partial charge is 0.393 e. The Morgan fingerprint density at radius 3 is 2.67 bits per heavy atom. The Labute approximate surface area is 68.0 Å². The highest BCUT2D eigenvalue weighted by molar-refractivity contribution is 5.78. The fourth-order valence-electron chi connectivity index (χ4n) is 0.800. The summed E-state index contributed by atoms with van der Waals surface area (Å²) in [5.41, 5.74) is 5.61. The van der Waals surface area contributed by atoms with Gasteiger partial charge in [0.15, 0.2) is 0 Å². The van der Waals surface area contributed by atoms with Crippen molar-refractivity contribution < 1.29 is 14.9 Å². The van der Waals surface area contributed by atoms with Crippen molar-refractivity contribution in [2.24, 2.45) is 0 Å². The second kappa shape index (κ2) is 3.00. The number of aldehydes is 1. The van der Waals surface area contributed by atoms with E-state index in [0.717, 1.165) is 0 Å². The summed E-state index contributed by atoms with van der Waals surface area (Å²) in [6.07, 6.45) is 0.562. The van der Waals surface area contributed by atoms with Crippen molar-refractivity contribution in [1.29, 1.82) is 0 Å². The van der Waals surface area contributed by atoms with E-state index in [2.05, 4.69) is 0 Å².